The maximum Gasteiger partial charge on any atom is 0.137 e. The molecule has 1 aromatic rings. The summed E-state index contributed by atoms with van der Waals surface area (Å²) in [6.07, 6.45) is 1.08. The molecule has 0 radical (unpaired) electrons. The van der Waals surface area contributed by atoms with Crippen molar-refractivity contribution < 1.29 is 0 Å². The van der Waals surface area contributed by atoms with Crippen LogP contribution in [0.5, 0.6) is 0 Å². The first-order valence-electron chi connectivity index (χ1n) is 3.87. The van der Waals surface area contributed by atoms with E-state index in [1.807, 2.05) is 6.07 Å². The van der Waals surface area contributed by atoms with Gasteiger partial charge in [-0.05, 0) is 18.1 Å². The van der Waals surface area contributed by atoms with Gasteiger partial charge in [-0.15, -0.1) is 12.6 Å². The van der Waals surface area contributed by atoms with Crippen molar-refractivity contribution in [2.24, 2.45) is 0 Å². The first-order valence-corrected chi connectivity index (χ1v) is 4.73. The Kier molecular flexibility index (Phi) is 2.07. The lowest BCUT2D eigenvalue weighted by Gasteiger charge is -2.15. The van der Waals surface area contributed by atoms with Gasteiger partial charge in [-0.1, -0.05) is 30.4 Å². The molecule has 0 aromatic heterocycles. The monoisotopic (exact) mass is 195 g/mol. The molecule has 12 heavy (non-hydrogen) atoms. The van der Waals surface area contributed by atoms with Gasteiger partial charge in [0.25, 0.3) is 0 Å². The third-order valence-corrected chi connectivity index (χ3v) is 2.58. The van der Waals surface area contributed by atoms with E-state index < -0.39 is 0 Å². The number of para-hydroxylation sites is 1. The Hall–Kier alpha value is -0.540. The third-order valence-electron chi connectivity index (χ3n) is 2.12. The van der Waals surface area contributed by atoms with E-state index in [0.29, 0.717) is 4.32 Å². The second kappa shape index (κ2) is 3.07. The predicted molar refractivity (Wildman–Crippen MR) is 59.1 cm³/mol. The van der Waals surface area contributed by atoms with Crippen molar-refractivity contribution in [2.75, 3.05) is 11.4 Å². The summed E-state index contributed by atoms with van der Waals surface area (Å²) in [5.74, 6) is 0. The summed E-state index contributed by atoms with van der Waals surface area (Å²) in [7, 11) is 0. The molecule has 0 N–H and O–H groups in total. The largest absolute Gasteiger partial charge is 0.327 e. The van der Waals surface area contributed by atoms with E-state index in [1.54, 1.807) is 0 Å². The number of nitrogens with zero attached hydrogens (tertiary/aromatic N) is 1. The number of anilines is 1. The Bertz CT molecular complexity index is 322. The summed E-state index contributed by atoms with van der Waals surface area (Å²) in [5.41, 5.74) is 2.59. The highest BCUT2D eigenvalue weighted by Crippen LogP contribution is 2.28. The molecule has 1 aliphatic heterocycles. The van der Waals surface area contributed by atoms with Crippen LogP contribution in [-0.2, 0) is 6.42 Å². The van der Waals surface area contributed by atoms with Gasteiger partial charge in [0.05, 0.1) is 0 Å². The Morgan fingerprint density at radius 2 is 2.17 bits per heavy atom. The van der Waals surface area contributed by atoms with Crippen molar-refractivity contribution in [3.05, 3.63) is 29.8 Å². The third kappa shape index (κ3) is 1.23. The van der Waals surface area contributed by atoms with E-state index >= 15 is 0 Å². The fourth-order valence-electron chi connectivity index (χ4n) is 1.54. The van der Waals surface area contributed by atoms with Crippen molar-refractivity contribution in [3.63, 3.8) is 0 Å². The van der Waals surface area contributed by atoms with E-state index in [4.69, 9.17) is 12.2 Å². The molecule has 1 nitrogen and oxygen atoms in total. The minimum atomic E-state index is 0.667. The van der Waals surface area contributed by atoms with Gasteiger partial charge in [0, 0.05) is 12.2 Å². The van der Waals surface area contributed by atoms with Crippen LogP contribution in [0, 0.1) is 0 Å². The molecule has 0 amide bonds. The Labute approximate surface area is 82.8 Å². The van der Waals surface area contributed by atoms with Crippen molar-refractivity contribution >= 4 is 34.9 Å². The zero-order valence-corrected chi connectivity index (χ0v) is 8.24. The van der Waals surface area contributed by atoms with Gasteiger partial charge >= 0.3 is 0 Å². The number of thiol groups is 1. The molecule has 0 spiro atoms. The fraction of sp³-hybridized carbons (Fsp3) is 0.222. The SMILES string of the molecule is S=C(S)N1CCc2ccccc21. The molecule has 1 aliphatic rings. The first kappa shape index (κ1) is 8.08. The molecule has 0 saturated carbocycles. The molecule has 0 aliphatic carbocycles. The Morgan fingerprint density at radius 3 is 2.92 bits per heavy atom. The zero-order valence-electron chi connectivity index (χ0n) is 6.53. The van der Waals surface area contributed by atoms with Gasteiger partial charge in [-0.2, -0.15) is 0 Å². The highest BCUT2D eigenvalue weighted by atomic mass is 32.1. The lowest BCUT2D eigenvalue weighted by atomic mass is 10.2. The topological polar surface area (TPSA) is 3.24 Å². The first-order chi connectivity index (χ1) is 5.79. The second-order valence-corrected chi connectivity index (χ2v) is 3.93. The number of fused-ring (bicyclic) bond motifs is 1. The molecule has 0 saturated heterocycles. The van der Waals surface area contributed by atoms with Crippen molar-refractivity contribution in [2.45, 2.75) is 6.42 Å². The highest BCUT2D eigenvalue weighted by Gasteiger charge is 2.19. The summed E-state index contributed by atoms with van der Waals surface area (Å²) >= 11 is 9.20. The molecular formula is C9H9NS2. The van der Waals surface area contributed by atoms with Gasteiger partial charge in [0.1, 0.15) is 4.32 Å². The average Bonchev–Trinajstić information content (AvgIpc) is 2.47. The van der Waals surface area contributed by atoms with Gasteiger partial charge in [0.15, 0.2) is 0 Å². The Balaban J connectivity index is 2.42. The fourth-order valence-corrected chi connectivity index (χ4v) is 1.93. The minimum absolute atomic E-state index is 0.667. The predicted octanol–water partition coefficient (Wildman–Crippen LogP) is 2.26. The van der Waals surface area contributed by atoms with E-state index in [2.05, 4.69) is 35.7 Å². The van der Waals surface area contributed by atoms with Gasteiger partial charge in [0.2, 0.25) is 0 Å². The molecule has 3 heteroatoms. The molecule has 0 unspecified atom stereocenters. The van der Waals surface area contributed by atoms with E-state index in [0.717, 1.165) is 13.0 Å². The molecule has 0 bridgehead atoms. The second-order valence-electron chi connectivity index (χ2n) is 2.81. The molecule has 1 heterocycles. The van der Waals surface area contributed by atoms with Crippen LogP contribution in [0.4, 0.5) is 5.69 Å². The maximum absolute atomic E-state index is 5.02. The lowest BCUT2D eigenvalue weighted by molar-refractivity contribution is 1.04. The van der Waals surface area contributed by atoms with E-state index in [-0.39, 0.29) is 0 Å². The normalized spacial score (nSPS) is 14.6. The molecule has 0 fully saturated rings. The lowest BCUT2D eigenvalue weighted by Crippen LogP contribution is -2.22. The number of hydrogen-bond acceptors (Lipinski definition) is 1. The molecule has 2 rings (SSSR count). The Morgan fingerprint density at radius 1 is 1.42 bits per heavy atom. The van der Waals surface area contributed by atoms with Crippen LogP contribution in [0.15, 0.2) is 24.3 Å². The standard InChI is InChI=1S/C9H9NS2/c11-9(12)10-6-5-7-3-1-2-4-8(7)10/h1-4H,5-6H2,(H,11,12). The summed E-state index contributed by atoms with van der Waals surface area (Å²) < 4.78 is 0.667. The average molecular weight is 195 g/mol. The number of hydrogen-bond donors (Lipinski definition) is 1. The van der Waals surface area contributed by atoms with Crippen molar-refractivity contribution in [1.29, 1.82) is 0 Å². The van der Waals surface area contributed by atoms with Crippen molar-refractivity contribution in [1.82, 2.24) is 0 Å². The summed E-state index contributed by atoms with van der Waals surface area (Å²) in [5, 5.41) is 0. The summed E-state index contributed by atoms with van der Waals surface area (Å²) in [4.78, 5) is 2.06. The van der Waals surface area contributed by atoms with Crippen LogP contribution in [-0.4, -0.2) is 10.9 Å². The van der Waals surface area contributed by atoms with Gasteiger partial charge in [-0.3, -0.25) is 0 Å². The summed E-state index contributed by atoms with van der Waals surface area (Å²) in [6, 6.07) is 8.32. The smallest absolute Gasteiger partial charge is 0.137 e. The molecule has 0 atom stereocenters. The molecule has 1 aromatic carbocycles. The molecule has 62 valence electrons. The van der Waals surface area contributed by atoms with Gasteiger partial charge in [-0.25, -0.2) is 0 Å². The van der Waals surface area contributed by atoms with Crippen LogP contribution in [0.2, 0.25) is 0 Å². The van der Waals surface area contributed by atoms with Crippen LogP contribution in [0.1, 0.15) is 5.56 Å². The van der Waals surface area contributed by atoms with Crippen molar-refractivity contribution in [3.8, 4) is 0 Å². The number of benzene rings is 1. The van der Waals surface area contributed by atoms with Crippen LogP contribution in [0.3, 0.4) is 0 Å². The number of rotatable bonds is 0. The van der Waals surface area contributed by atoms with E-state index in [9.17, 15) is 0 Å². The molecular weight excluding hydrogens is 186 g/mol. The zero-order chi connectivity index (χ0) is 8.55. The minimum Gasteiger partial charge on any atom is -0.327 e. The van der Waals surface area contributed by atoms with Gasteiger partial charge < -0.3 is 4.90 Å². The van der Waals surface area contributed by atoms with Crippen LogP contribution < -0.4 is 4.90 Å². The van der Waals surface area contributed by atoms with Crippen LogP contribution in [0.25, 0.3) is 0 Å². The summed E-state index contributed by atoms with van der Waals surface area (Å²) in [6.45, 7) is 0.974. The van der Waals surface area contributed by atoms with E-state index in [1.165, 1.54) is 11.3 Å². The highest BCUT2D eigenvalue weighted by molar-refractivity contribution is 8.11. The maximum atomic E-state index is 5.02. The van der Waals surface area contributed by atoms with Crippen LogP contribution >= 0.6 is 24.8 Å². The quantitative estimate of drug-likeness (QED) is 0.499. The number of thiocarbonyl (C=S) groups is 1.